The lowest BCUT2D eigenvalue weighted by Gasteiger charge is -2.04. The molecule has 0 bridgehead atoms. The second-order valence-corrected chi connectivity index (χ2v) is 4.22. The summed E-state index contributed by atoms with van der Waals surface area (Å²) >= 11 is 5.85. The molecule has 2 N–H and O–H groups in total. The molecule has 0 unspecified atom stereocenters. The van der Waals surface area contributed by atoms with Crippen molar-refractivity contribution in [1.29, 1.82) is 0 Å². The Balaban J connectivity index is 2.18. The van der Waals surface area contributed by atoms with Crippen LogP contribution in [0.5, 0.6) is 0 Å². The summed E-state index contributed by atoms with van der Waals surface area (Å²) in [5.74, 6) is -0.620. The lowest BCUT2D eigenvalue weighted by Crippen LogP contribution is -2.06. The smallest absolute Gasteiger partial charge is 0.185 e. The van der Waals surface area contributed by atoms with Crippen molar-refractivity contribution >= 4 is 23.1 Å². The summed E-state index contributed by atoms with van der Waals surface area (Å²) in [7, 11) is 0. The molecule has 0 spiro atoms. The highest BCUT2D eigenvalue weighted by atomic mass is 35.5. The zero-order valence-corrected chi connectivity index (χ0v) is 10.1. The van der Waals surface area contributed by atoms with Crippen molar-refractivity contribution in [2.75, 3.05) is 5.73 Å². The monoisotopic (exact) mass is 264 g/mol. The third-order valence-corrected chi connectivity index (χ3v) is 2.79. The Morgan fingerprint density at radius 2 is 2.11 bits per heavy atom. The maximum Gasteiger partial charge on any atom is 0.185 e. The molecule has 18 heavy (non-hydrogen) atoms. The summed E-state index contributed by atoms with van der Waals surface area (Å²) in [4.78, 5) is 15.8. The van der Waals surface area contributed by atoms with Crippen molar-refractivity contribution in [3.63, 3.8) is 0 Å². The Hall–Kier alpha value is -1.94. The molecule has 0 atom stereocenters. The Labute approximate surface area is 108 Å². The fourth-order valence-electron chi connectivity index (χ4n) is 1.50. The summed E-state index contributed by atoms with van der Waals surface area (Å²) < 4.78 is 12.9. The van der Waals surface area contributed by atoms with Crippen LogP contribution in [0.3, 0.4) is 0 Å². The van der Waals surface area contributed by atoms with Gasteiger partial charge < -0.3 is 5.73 Å². The molecule has 2 aromatic rings. The average Bonchev–Trinajstić information content (AvgIpc) is 2.33. The molecular weight excluding hydrogens is 255 g/mol. The molecule has 0 aliphatic carbocycles. The van der Waals surface area contributed by atoms with Gasteiger partial charge in [-0.15, -0.1) is 0 Å². The van der Waals surface area contributed by atoms with Crippen molar-refractivity contribution in [3.05, 3.63) is 58.6 Å². The SMILES string of the molecule is Nc1ccc(C(=O)Cc2ccc(F)cc2Cl)nc1. The van der Waals surface area contributed by atoms with Crippen molar-refractivity contribution in [3.8, 4) is 0 Å². The molecular formula is C13H10ClFN2O. The number of rotatable bonds is 3. The van der Waals surface area contributed by atoms with E-state index in [0.717, 1.165) is 0 Å². The first-order chi connectivity index (χ1) is 8.56. The van der Waals surface area contributed by atoms with Crippen LogP contribution in [0.1, 0.15) is 16.1 Å². The second-order valence-electron chi connectivity index (χ2n) is 3.81. The summed E-state index contributed by atoms with van der Waals surface area (Å²) in [5.41, 5.74) is 6.86. The first-order valence-corrected chi connectivity index (χ1v) is 5.63. The number of hydrogen-bond acceptors (Lipinski definition) is 3. The predicted molar refractivity (Wildman–Crippen MR) is 68.1 cm³/mol. The lowest BCUT2D eigenvalue weighted by atomic mass is 10.1. The van der Waals surface area contributed by atoms with Gasteiger partial charge in [0, 0.05) is 11.4 Å². The third-order valence-electron chi connectivity index (χ3n) is 2.44. The van der Waals surface area contributed by atoms with Gasteiger partial charge in [0.1, 0.15) is 11.5 Å². The summed E-state index contributed by atoms with van der Waals surface area (Å²) in [6, 6.07) is 7.10. The van der Waals surface area contributed by atoms with E-state index in [1.807, 2.05) is 0 Å². The molecule has 1 aromatic carbocycles. The van der Waals surface area contributed by atoms with E-state index in [0.29, 0.717) is 16.9 Å². The topological polar surface area (TPSA) is 56.0 Å². The van der Waals surface area contributed by atoms with Crippen LogP contribution in [-0.2, 0) is 6.42 Å². The van der Waals surface area contributed by atoms with Crippen LogP contribution in [0.4, 0.5) is 10.1 Å². The Kier molecular flexibility index (Phi) is 3.58. The second kappa shape index (κ2) is 5.14. The molecule has 0 amide bonds. The van der Waals surface area contributed by atoms with E-state index >= 15 is 0 Å². The van der Waals surface area contributed by atoms with Crippen LogP contribution >= 0.6 is 11.6 Å². The molecule has 0 aliphatic heterocycles. The number of Topliss-reactive ketones (excluding diaryl/α,β-unsaturated/α-hetero) is 1. The van der Waals surface area contributed by atoms with Crippen LogP contribution in [0.15, 0.2) is 36.5 Å². The Morgan fingerprint density at radius 3 is 2.72 bits per heavy atom. The fraction of sp³-hybridized carbons (Fsp3) is 0.0769. The molecule has 0 saturated heterocycles. The summed E-state index contributed by atoms with van der Waals surface area (Å²) in [6.07, 6.45) is 1.50. The van der Waals surface area contributed by atoms with Crippen LogP contribution in [-0.4, -0.2) is 10.8 Å². The van der Waals surface area contributed by atoms with E-state index in [-0.39, 0.29) is 17.2 Å². The number of ketones is 1. The number of benzene rings is 1. The largest absolute Gasteiger partial charge is 0.397 e. The fourth-order valence-corrected chi connectivity index (χ4v) is 1.73. The minimum atomic E-state index is -0.429. The first-order valence-electron chi connectivity index (χ1n) is 5.25. The molecule has 0 saturated carbocycles. The number of hydrogen-bond donors (Lipinski definition) is 1. The van der Waals surface area contributed by atoms with E-state index in [4.69, 9.17) is 17.3 Å². The maximum absolute atomic E-state index is 12.9. The van der Waals surface area contributed by atoms with E-state index < -0.39 is 5.82 Å². The quantitative estimate of drug-likeness (QED) is 0.868. The van der Waals surface area contributed by atoms with Crippen molar-refractivity contribution < 1.29 is 9.18 Å². The highest BCUT2D eigenvalue weighted by Crippen LogP contribution is 2.19. The minimum absolute atomic E-state index is 0.0794. The number of carbonyl (C=O) groups is 1. The summed E-state index contributed by atoms with van der Waals surface area (Å²) in [5, 5.41) is 0.235. The molecule has 1 aromatic heterocycles. The van der Waals surface area contributed by atoms with Gasteiger partial charge in [-0.3, -0.25) is 9.78 Å². The lowest BCUT2D eigenvalue weighted by molar-refractivity contribution is 0.0988. The maximum atomic E-state index is 12.9. The Morgan fingerprint density at radius 1 is 1.33 bits per heavy atom. The number of halogens is 2. The summed E-state index contributed by atoms with van der Waals surface area (Å²) in [6.45, 7) is 0. The van der Waals surface area contributed by atoms with Gasteiger partial charge >= 0.3 is 0 Å². The average molecular weight is 265 g/mol. The van der Waals surface area contributed by atoms with Crippen LogP contribution in [0, 0.1) is 5.82 Å². The number of nitrogen functional groups attached to an aromatic ring is 1. The van der Waals surface area contributed by atoms with Crippen molar-refractivity contribution in [2.24, 2.45) is 0 Å². The predicted octanol–water partition coefficient (Wildman–Crippen LogP) is 2.88. The van der Waals surface area contributed by atoms with Crippen molar-refractivity contribution in [2.45, 2.75) is 6.42 Å². The highest BCUT2D eigenvalue weighted by Gasteiger charge is 2.11. The van der Waals surface area contributed by atoms with Gasteiger partial charge in [-0.25, -0.2) is 4.39 Å². The first kappa shape index (κ1) is 12.5. The normalized spacial score (nSPS) is 10.3. The van der Waals surface area contributed by atoms with Gasteiger partial charge in [-0.05, 0) is 29.8 Å². The molecule has 0 aliphatic rings. The van der Waals surface area contributed by atoms with E-state index in [9.17, 15) is 9.18 Å². The van der Waals surface area contributed by atoms with Crippen LogP contribution in [0.25, 0.3) is 0 Å². The number of pyridine rings is 1. The van der Waals surface area contributed by atoms with Crippen molar-refractivity contribution in [1.82, 2.24) is 4.98 Å². The zero-order valence-electron chi connectivity index (χ0n) is 9.36. The molecule has 0 fully saturated rings. The standard InChI is InChI=1S/C13H10ClFN2O/c14-11-6-9(15)2-1-8(11)5-13(18)12-4-3-10(16)7-17-12/h1-4,6-7H,5,16H2. The number of anilines is 1. The highest BCUT2D eigenvalue weighted by molar-refractivity contribution is 6.31. The van der Waals surface area contributed by atoms with Crippen LogP contribution < -0.4 is 5.73 Å². The molecule has 5 heteroatoms. The third kappa shape index (κ3) is 2.84. The molecule has 92 valence electrons. The molecule has 0 radical (unpaired) electrons. The van der Waals surface area contributed by atoms with Gasteiger partial charge in [0.25, 0.3) is 0 Å². The molecule has 3 nitrogen and oxygen atoms in total. The van der Waals surface area contributed by atoms with E-state index in [1.165, 1.54) is 24.4 Å². The number of aromatic nitrogens is 1. The van der Waals surface area contributed by atoms with Gasteiger partial charge in [0.05, 0.1) is 11.9 Å². The number of nitrogens with zero attached hydrogens (tertiary/aromatic N) is 1. The Bertz CT molecular complexity index is 584. The van der Waals surface area contributed by atoms with Gasteiger partial charge in [0.2, 0.25) is 0 Å². The van der Waals surface area contributed by atoms with Gasteiger partial charge in [-0.1, -0.05) is 17.7 Å². The molecule has 1 heterocycles. The molecule has 2 rings (SSSR count). The van der Waals surface area contributed by atoms with E-state index in [1.54, 1.807) is 12.1 Å². The van der Waals surface area contributed by atoms with Gasteiger partial charge in [0.15, 0.2) is 5.78 Å². The number of carbonyl (C=O) groups excluding carboxylic acids is 1. The van der Waals surface area contributed by atoms with Crippen LogP contribution in [0.2, 0.25) is 5.02 Å². The minimum Gasteiger partial charge on any atom is -0.397 e. The van der Waals surface area contributed by atoms with Gasteiger partial charge in [-0.2, -0.15) is 0 Å². The zero-order chi connectivity index (χ0) is 13.1. The number of nitrogens with two attached hydrogens (primary N) is 1. The van der Waals surface area contributed by atoms with E-state index in [2.05, 4.69) is 4.98 Å².